The Morgan fingerprint density at radius 1 is 1.24 bits per heavy atom. The zero-order chi connectivity index (χ0) is 20.7. The Hall–Kier alpha value is -2.31. The van der Waals surface area contributed by atoms with Crippen molar-refractivity contribution in [3.8, 4) is 5.75 Å². The number of ether oxygens (including phenoxy) is 2. The molecule has 0 saturated carbocycles. The second kappa shape index (κ2) is 9.94. The SMILES string of the molecule is CN(CCOc1cccc(Cl)c1)C(=O)NCC1(c2cccc(F)c2)CCOCC1. The first-order valence-electron chi connectivity index (χ1n) is 9.70. The molecular weight excluding hydrogens is 395 g/mol. The van der Waals surface area contributed by atoms with Crippen LogP contribution >= 0.6 is 11.6 Å². The van der Waals surface area contributed by atoms with E-state index in [1.807, 2.05) is 18.2 Å². The maximum atomic E-state index is 13.8. The molecule has 5 nitrogen and oxygen atoms in total. The van der Waals surface area contributed by atoms with Crippen LogP contribution in [0.2, 0.25) is 5.02 Å². The van der Waals surface area contributed by atoms with Gasteiger partial charge in [0, 0.05) is 37.2 Å². The molecule has 1 aliphatic rings. The van der Waals surface area contributed by atoms with E-state index in [-0.39, 0.29) is 17.3 Å². The van der Waals surface area contributed by atoms with Crippen molar-refractivity contribution >= 4 is 17.6 Å². The van der Waals surface area contributed by atoms with Crippen molar-refractivity contribution in [2.24, 2.45) is 0 Å². The van der Waals surface area contributed by atoms with Crippen LogP contribution < -0.4 is 10.1 Å². The van der Waals surface area contributed by atoms with Crippen LogP contribution in [0.4, 0.5) is 9.18 Å². The van der Waals surface area contributed by atoms with Gasteiger partial charge < -0.3 is 19.7 Å². The minimum absolute atomic E-state index is 0.193. The highest BCUT2D eigenvalue weighted by atomic mass is 35.5. The maximum Gasteiger partial charge on any atom is 0.317 e. The van der Waals surface area contributed by atoms with E-state index in [4.69, 9.17) is 21.1 Å². The van der Waals surface area contributed by atoms with E-state index in [0.29, 0.717) is 43.7 Å². The van der Waals surface area contributed by atoms with Crippen molar-refractivity contribution in [3.05, 3.63) is 64.9 Å². The normalized spacial score (nSPS) is 15.6. The summed E-state index contributed by atoms with van der Waals surface area (Å²) in [4.78, 5) is 14.1. The molecule has 3 rings (SSSR count). The molecule has 7 heteroatoms. The number of rotatable bonds is 7. The lowest BCUT2D eigenvalue weighted by Gasteiger charge is -2.38. The Balaban J connectivity index is 1.54. The first-order valence-corrected chi connectivity index (χ1v) is 10.1. The van der Waals surface area contributed by atoms with Gasteiger partial charge in [-0.1, -0.05) is 29.8 Å². The smallest absolute Gasteiger partial charge is 0.317 e. The number of nitrogens with zero attached hydrogens (tertiary/aromatic N) is 1. The molecule has 29 heavy (non-hydrogen) atoms. The molecule has 0 unspecified atom stereocenters. The van der Waals surface area contributed by atoms with Gasteiger partial charge in [-0.15, -0.1) is 0 Å². The summed E-state index contributed by atoms with van der Waals surface area (Å²) in [6, 6.07) is 13.6. The van der Waals surface area contributed by atoms with E-state index in [0.717, 1.165) is 18.4 Å². The predicted octanol–water partition coefficient (Wildman–Crippen LogP) is 4.25. The summed E-state index contributed by atoms with van der Waals surface area (Å²) in [6.45, 7) is 2.39. The summed E-state index contributed by atoms with van der Waals surface area (Å²) in [5.74, 6) is 0.397. The summed E-state index contributed by atoms with van der Waals surface area (Å²) in [7, 11) is 1.72. The Morgan fingerprint density at radius 3 is 2.72 bits per heavy atom. The number of likely N-dealkylation sites (N-methyl/N-ethyl adjacent to an activating group) is 1. The Bertz CT molecular complexity index is 827. The zero-order valence-electron chi connectivity index (χ0n) is 16.5. The molecule has 2 aromatic carbocycles. The molecule has 1 heterocycles. The van der Waals surface area contributed by atoms with E-state index in [1.54, 1.807) is 36.2 Å². The molecule has 0 atom stereocenters. The average Bonchev–Trinajstić information content (AvgIpc) is 2.72. The maximum absolute atomic E-state index is 13.8. The van der Waals surface area contributed by atoms with E-state index in [2.05, 4.69) is 5.32 Å². The minimum atomic E-state index is -0.325. The number of carbonyl (C=O) groups is 1. The van der Waals surface area contributed by atoms with Gasteiger partial charge in [-0.05, 0) is 48.7 Å². The summed E-state index contributed by atoms with van der Waals surface area (Å²) in [5, 5.41) is 3.61. The quantitative estimate of drug-likeness (QED) is 0.728. The first kappa shape index (κ1) is 21.4. The molecule has 0 radical (unpaired) electrons. The molecule has 0 bridgehead atoms. The number of urea groups is 1. The molecular formula is C22H26ClFN2O3. The van der Waals surface area contributed by atoms with E-state index < -0.39 is 0 Å². The fourth-order valence-corrected chi connectivity index (χ4v) is 3.67. The van der Waals surface area contributed by atoms with Gasteiger partial charge in [0.2, 0.25) is 0 Å². The van der Waals surface area contributed by atoms with Gasteiger partial charge in [0.15, 0.2) is 0 Å². The molecule has 2 aromatic rings. The molecule has 2 amide bonds. The third-order valence-corrected chi connectivity index (χ3v) is 5.54. The predicted molar refractivity (Wildman–Crippen MR) is 111 cm³/mol. The number of hydrogen-bond donors (Lipinski definition) is 1. The number of benzene rings is 2. The number of halogens is 2. The lowest BCUT2D eigenvalue weighted by atomic mass is 9.74. The highest BCUT2D eigenvalue weighted by molar-refractivity contribution is 6.30. The van der Waals surface area contributed by atoms with Crippen molar-refractivity contribution in [2.75, 3.05) is 40.0 Å². The summed E-state index contributed by atoms with van der Waals surface area (Å²) < 4.78 is 24.9. The van der Waals surface area contributed by atoms with Crippen molar-refractivity contribution in [3.63, 3.8) is 0 Å². The Labute approximate surface area is 175 Å². The van der Waals surface area contributed by atoms with Gasteiger partial charge in [0.1, 0.15) is 18.2 Å². The highest BCUT2D eigenvalue weighted by Gasteiger charge is 2.35. The number of nitrogens with one attached hydrogen (secondary N) is 1. The topological polar surface area (TPSA) is 50.8 Å². The van der Waals surface area contributed by atoms with Gasteiger partial charge in [-0.25, -0.2) is 9.18 Å². The van der Waals surface area contributed by atoms with Crippen molar-refractivity contribution in [1.82, 2.24) is 10.2 Å². The number of carbonyl (C=O) groups excluding carboxylic acids is 1. The molecule has 1 fully saturated rings. The van der Waals surface area contributed by atoms with Crippen LogP contribution in [-0.2, 0) is 10.2 Å². The van der Waals surface area contributed by atoms with E-state index in [9.17, 15) is 9.18 Å². The molecule has 1 saturated heterocycles. The fourth-order valence-electron chi connectivity index (χ4n) is 3.49. The molecule has 1 aliphatic heterocycles. The van der Waals surface area contributed by atoms with Gasteiger partial charge in [-0.2, -0.15) is 0 Å². The van der Waals surface area contributed by atoms with Crippen LogP contribution in [0.3, 0.4) is 0 Å². The second-order valence-electron chi connectivity index (χ2n) is 7.29. The highest BCUT2D eigenvalue weighted by Crippen LogP contribution is 2.34. The summed E-state index contributed by atoms with van der Waals surface area (Å²) in [5.41, 5.74) is 0.571. The lowest BCUT2D eigenvalue weighted by molar-refractivity contribution is 0.0501. The Morgan fingerprint density at radius 2 is 2.00 bits per heavy atom. The molecule has 156 valence electrons. The number of hydrogen-bond acceptors (Lipinski definition) is 3. The Kier molecular flexibility index (Phi) is 7.34. The van der Waals surface area contributed by atoms with E-state index >= 15 is 0 Å². The second-order valence-corrected chi connectivity index (χ2v) is 7.73. The standard InChI is InChI=1S/C22H26ClFN2O3/c1-26(10-13-29-20-7-3-5-18(23)15-20)21(27)25-16-22(8-11-28-12-9-22)17-4-2-6-19(24)14-17/h2-7,14-15H,8-13,16H2,1H3,(H,25,27). The lowest BCUT2D eigenvalue weighted by Crippen LogP contribution is -2.48. The largest absolute Gasteiger partial charge is 0.492 e. The summed E-state index contributed by atoms with van der Waals surface area (Å²) >= 11 is 5.94. The van der Waals surface area contributed by atoms with Crippen molar-refractivity contribution < 1.29 is 18.7 Å². The molecule has 1 N–H and O–H groups in total. The first-order chi connectivity index (χ1) is 14.0. The van der Waals surface area contributed by atoms with Crippen molar-refractivity contribution in [2.45, 2.75) is 18.3 Å². The zero-order valence-corrected chi connectivity index (χ0v) is 17.3. The van der Waals surface area contributed by atoms with Crippen LogP contribution in [0.5, 0.6) is 5.75 Å². The molecule has 0 spiro atoms. The van der Waals surface area contributed by atoms with Crippen LogP contribution in [0.1, 0.15) is 18.4 Å². The monoisotopic (exact) mass is 420 g/mol. The molecule has 0 aromatic heterocycles. The van der Waals surface area contributed by atoms with Crippen LogP contribution in [0.15, 0.2) is 48.5 Å². The van der Waals surface area contributed by atoms with Crippen LogP contribution in [-0.4, -0.2) is 50.9 Å². The van der Waals surface area contributed by atoms with Crippen LogP contribution in [0.25, 0.3) is 0 Å². The minimum Gasteiger partial charge on any atom is -0.492 e. The number of amides is 2. The third kappa shape index (κ3) is 5.84. The fraction of sp³-hybridized carbons (Fsp3) is 0.409. The summed E-state index contributed by atoms with van der Waals surface area (Å²) in [6.07, 6.45) is 1.47. The average molecular weight is 421 g/mol. The third-order valence-electron chi connectivity index (χ3n) is 5.30. The molecule has 0 aliphatic carbocycles. The van der Waals surface area contributed by atoms with Gasteiger partial charge in [0.05, 0.1) is 6.54 Å². The van der Waals surface area contributed by atoms with Gasteiger partial charge in [0.25, 0.3) is 0 Å². The van der Waals surface area contributed by atoms with Crippen molar-refractivity contribution in [1.29, 1.82) is 0 Å². The van der Waals surface area contributed by atoms with Gasteiger partial charge in [-0.3, -0.25) is 0 Å². The van der Waals surface area contributed by atoms with Gasteiger partial charge >= 0.3 is 6.03 Å². The van der Waals surface area contributed by atoms with E-state index in [1.165, 1.54) is 6.07 Å². The van der Waals surface area contributed by atoms with Crippen LogP contribution in [0, 0.1) is 5.82 Å².